The number of anilines is 1. The molecule has 2 aliphatic rings. The Morgan fingerprint density at radius 1 is 0.765 bits per heavy atom. The van der Waals surface area contributed by atoms with E-state index in [2.05, 4.69) is 26.1 Å². The van der Waals surface area contributed by atoms with Gasteiger partial charge in [-0.25, -0.2) is 8.78 Å². The summed E-state index contributed by atoms with van der Waals surface area (Å²) in [7, 11) is 0. The lowest BCUT2D eigenvalue weighted by Crippen LogP contribution is -2.46. The van der Waals surface area contributed by atoms with Gasteiger partial charge in [0.1, 0.15) is 5.69 Å². The van der Waals surface area contributed by atoms with Crippen LogP contribution in [0, 0.1) is 11.6 Å². The zero-order valence-electron chi connectivity index (χ0n) is 18.4. The lowest BCUT2D eigenvalue weighted by Gasteiger charge is -2.35. The van der Waals surface area contributed by atoms with Gasteiger partial charge in [0.25, 0.3) is 0 Å². The van der Waals surface area contributed by atoms with Crippen molar-refractivity contribution in [3.05, 3.63) is 77.9 Å². The van der Waals surface area contributed by atoms with Crippen LogP contribution in [0.1, 0.15) is 5.56 Å². The summed E-state index contributed by atoms with van der Waals surface area (Å²) in [6, 6.07) is 17.7. The number of halogens is 2. The molecule has 4 aromatic rings. The van der Waals surface area contributed by atoms with Gasteiger partial charge >= 0.3 is 0 Å². The van der Waals surface area contributed by atoms with Crippen LogP contribution in [0.2, 0.25) is 0 Å². The molecule has 0 amide bonds. The highest BCUT2D eigenvalue weighted by molar-refractivity contribution is 6.00. The van der Waals surface area contributed by atoms with Crippen molar-refractivity contribution in [3.63, 3.8) is 0 Å². The Hall–Kier alpha value is -3.78. The fraction of sp³-hybridized carbons (Fsp3) is 0.231. The lowest BCUT2D eigenvalue weighted by molar-refractivity contribution is 0.174. The van der Waals surface area contributed by atoms with E-state index in [-0.39, 0.29) is 6.79 Å². The SMILES string of the molecule is Fc1ccc(-c2nnc(N3CCN(Cc4ccc5c(c4)OCO5)CC3)c3ccccc23)cc1F. The number of hydrogen-bond acceptors (Lipinski definition) is 6. The normalized spacial score (nSPS) is 15.8. The summed E-state index contributed by atoms with van der Waals surface area (Å²) in [6.45, 7) is 4.51. The molecule has 1 saturated heterocycles. The zero-order valence-corrected chi connectivity index (χ0v) is 18.4. The van der Waals surface area contributed by atoms with E-state index >= 15 is 0 Å². The molecule has 1 fully saturated rings. The van der Waals surface area contributed by atoms with E-state index < -0.39 is 11.6 Å². The summed E-state index contributed by atoms with van der Waals surface area (Å²) in [6.07, 6.45) is 0. The highest BCUT2D eigenvalue weighted by Crippen LogP contribution is 2.34. The molecule has 172 valence electrons. The van der Waals surface area contributed by atoms with Crippen LogP contribution in [0.25, 0.3) is 22.0 Å². The van der Waals surface area contributed by atoms with Gasteiger partial charge < -0.3 is 14.4 Å². The Bertz CT molecular complexity index is 1370. The fourth-order valence-electron chi connectivity index (χ4n) is 4.60. The van der Waals surface area contributed by atoms with Gasteiger partial charge in [0, 0.05) is 49.1 Å². The average Bonchev–Trinajstić information content (AvgIpc) is 3.34. The third-order valence-corrected chi connectivity index (χ3v) is 6.38. The monoisotopic (exact) mass is 460 g/mol. The molecule has 3 aromatic carbocycles. The first-order chi connectivity index (χ1) is 16.7. The minimum Gasteiger partial charge on any atom is -0.454 e. The van der Waals surface area contributed by atoms with Crippen molar-refractivity contribution < 1.29 is 18.3 Å². The maximum absolute atomic E-state index is 13.8. The van der Waals surface area contributed by atoms with Crippen LogP contribution in [0.3, 0.4) is 0 Å². The Labute approximate surface area is 195 Å². The van der Waals surface area contributed by atoms with Crippen molar-refractivity contribution in [1.29, 1.82) is 0 Å². The summed E-state index contributed by atoms with van der Waals surface area (Å²) < 4.78 is 38.2. The van der Waals surface area contributed by atoms with Gasteiger partial charge in [0.15, 0.2) is 29.0 Å². The van der Waals surface area contributed by atoms with Crippen molar-refractivity contribution in [2.75, 3.05) is 37.9 Å². The second kappa shape index (κ2) is 8.53. The molecule has 2 aliphatic heterocycles. The van der Waals surface area contributed by atoms with E-state index in [1.165, 1.54) is 17.7 Å². The predicted octanol–water partition coefficient (Wildman–Crippen LogP) is 4.63. The number of nitrogens with zero attached hydrogens (tertiary/aromatic N) is 4. The summed E-state index contributed by atoms with van der Waals surface area (Å²) in [5, 5.41) is 10.7. The van der Waals surface area contributed by atoms with Crippen LogP contribution in [0.4, 0.5) is 14.6 Å². The molecule has 0 bridgehead atoms. The van der Waals surface area contributed by atoms with E-state index in [4.69, 9.17) is 9.47 Å². The predicted molar refractivity (Wildman–Crippen MR) is 125 cm³/mol. The summed E-state index contributed by atoms with van der Waals surface area (Å²) in [5.41, 5.74) is 2.24. The van der Waals surface area contributed by atoms with Crippen molar-refractivity contribution >= 4 is 16.6 Å². The molecule has 0 aliphatic carbocycles. The van der Waals surface area contributed by atoms with Crippen LogP contribution in [-0.2, 0) is 6.54 Å². The van der Waals surface area contributed by atoms with Crippen molar-refractivity contribution in [2.24, 2.45) is 0 Å². The first-order valence-corrected chi connectivity index (χ1v) is 11.2. The highest BCUT2D eigenvalue weighted by atomic mass is 19.2. The van der Waals surface area contributed by atoms with E-state index in [1.807, 2.05) is 36.4 Å². The Balaban J connectivity index is 1.22. The number of fused-ring (bicyclic) bond motifs is 2. The number of aromatic nitrogens is 2. The number of benzene rings is 3. The zero-order chi connectivity index (χ0) is 23.1. The van der Waals surface area contributed by atoms with E-state index in [1.54, 1.807) is 0 Å². The lowest BCUT2D eigenvalue weighted by atomic mass is 10.0. The van der Waals surface area contributed by atoms with Crippen LogP contribution >= 0.6 is 0 Å². The van der Waals surface area contributed by atoms with E-state index in [9.17, 15) is 8.78 Å². The van der Waals surface area contributed by atoms with Gasteiger partial charge in [-0.05, 0) is 35.9 Å². The molecule has 0 unspecified atom stereocenters. The van der Waals surface area contributed by atoms with Crippen LogP contribution in [0.5, 0.6) is 11.5 Å². The highest BCUT2D eigenvalue weighted by Gasteiger charge is 2.22. The Morgan fingerprint density at radius 3 is 2.38 bits per heavy atom. The standard InChI is InChI=1S/C26H22F2N4O2/c27-21-7-6-18(14-22(21)28)25-19-3-1-2-4-20(19)26(30-29-25)32-11-9-31(10-12-32)15-17-5-8-23-24(13-17)34-16-33-23/h1-8,13-14H,9-12,15-16H2. The maximum atomic E-state index is 13.8. The molecular weight excluding hydrogens is 438 g/mol. The topological polar surface area (TPSA) is 50.7 Å². The van der Waals surface area contributed by atoms with Gasteiger partial charge in [-0.15, -0.1) is 10.2 Å². The summed E-state index contributed by atoms with van der Waals surface area (Å²) in [4.78, 5) is 4.64. The van der Waals surface area contributed by atoms with Gasteiger partial charge in [0.2, 0.25) is 6.79 Å². The molecule has 0 radical (unpaired) electrons. The second-order valence-electron chi connectivity index (χ2n) is 8.50. The Morgan fingerprint density at radius 2 is 1.56 bits per heavy atom. The molecule has 3 heterocycles. The third kappa shape index (κ3) is 3.80. The van der Waals surface area contributed by atoms with E-state index in [0.29, 0.717) is 11.3 Å². The number of ether oxygens (including phenoxy) is 2. The van der Waals surface area contributed by atoms with Gasteiger partial charge in [-0.2, -0.15) is 0 Å². The molecular formula is C26H22F2N4O2. The van der Waals surface area contributed by atoms with Gasteiger partial charge in [-0.3, -0.25) is 4.90 Å². The molecule has 34 heavy (non-hydrogen) atoms. The first-order valence-electron chi connectivity index (χ1n) is 11.2. The smallest absolute Gasteiger partial charge is 0.231 e. The van der Waals surface area contributed by atoms with Crippen LogP contribution in [0.15, 0.2) is 60.7 Å². The molecule has 1 aromatic heterocycles. The summed E-state index contributed by atoms with van der Waals surface area (Å²) >= 11 is 0. The van der Waals surface area contributed by atoms with Crippen LogP contribution in [-0.4, -0.2) is 48.1 Å². The van der Waals surface area contributed by atoms with Crippen molar-refractivity contribution in [2.45, 2.75) is 6.54 Å². The van der Waals surface area contributed by atoms with Gasteiger partial charge in [0.05, 0.1) is 0 Å². The van der Waals surface area contributed by atoms with Gasteiger partial charge in [-0.1, -0.05) is 30.3 Å². The maximum Gasteiger partial charge on any atom is 0.231 e. The van der Waals surface area contributed by atoms with E-state index in [0.717, 1.165) is 66.9 Å². The minimum absolute atomic E-state index is 0.279. The first kappa shape index (κ1) is 20.8. The molecule has 8 heteroatoms. The molecule has 0 N–H and O–H groups in total. The quantitative estimate of drug-likeness (QED) is 0.443. The molecule has 0 saturated carbocycles. The van der Waals surface area contributed by atoms with Crippen LogP contribution < -0.4 is 14.4 Å². The molecule has 6 nitrogen and oxygen atoms in total. The second-order valence-corrected chi connectivity index (χ2v) is 8.50. The largest absolute Gasteiger partial charge is 0.454 e. The third-order valence-electron chi connectivity index (χ3n) is 6.38. The average molecular weight is 460 g/mol. The number of hydrogen-bond donors (Lipinski definition) is 0. The molecule has 0 atom stereocenters. The Kier molecular flexibility index (Phi) is 5.22. The fourth-order valence-corrected chi connectivity index (χ4v) is 4.60. The van der Waals surface area contributed by atoms with Crippen molar-refractivity contribution in [3.8, 4) is 22.8 Å². The summed E-state index contributed by atoms with van der Waals surface area (Å²) in [5.74, 6) is 0.636. The minimum atomic E-state index is -0.897. The molecule has 6 rings (SSSR count). The van der Waals surface area contributed by atoms with Crippen molar-refractivity contribution in [1.82, 2.24) is 15.1 Å². The molecule has 0 spiro atoms. The number of piperazine rings is 1. The number of rotatable bonds is 4.